The van der Waals surface area contributed by atoms with Crippen LogP contribution >= 0.6 is 0 Å². The van der Waals surface area contributed by atoms with E-state index in [9.17, 15) is 9.59 Å². The van der Waals surface area contributed by atoms with E-state index in [4.69, 9.17) is 4.74 Å². The zero-order valence-corrected chi connectivity index (χ0v) is 10.7. The Morgan fingerprint density at radius 1 is 1.41 bits per heavy atom. The standard InChI is InChI=1S/C12H20N2O3/c1-12(2,3)17-11(16)14-9-7-13-6-8(9)4-5-10(14)15/h8-9,13H,4-7H2,1-3H3/t8-,9-/m1/s1. The summed E-state index contributed by atoms with van der Waals surface area (Å²) in [4.78, 5) is 25.2. The van der Waals surface area contributed by atoms with E-state index in [1.165, 1.54) is 4.90 Å². The lowest BCUT2D eigenvalue weighted by molar-refractivity contribution is -0.136. The molecule has 2 aliphatic heterocycles. The Bertz CT molecular complexity index is 335. The summed E-state index contributed by atoms with van der Waals surface area (Å²) < 4.78 is 5.29. The summed E-state index contributed by atoms with van der Waals surface area (Å²) in [5.41, 5.74) is -0.559. The molecule has 0 bridgehead atoms. The molecule has 0 saturated carbocycles. The zero-order valence-electron chi connectivity index (χ0n) is 10.7. The van der Waals surface area contributed by atoms with Gasteiger partial charge in [-0.15, -0.1) is 0 Å². The van der Waals surface area contributed by atoms with Gasteiger partial charge in [-0.2, -0.15) is 0 Å². The van der Waals surface area contributed by atoms with Gasteiger partial charge in [0.2, 0.25) is 5.91 Å². The highest BCUT2D eigenvalue weighted by atomic mass is 16.6. The molecule has 5 nitrogen and oxygen atoms in total. The SMILES string of the molecule is CC(C)(C)OC(=O)N1C(=O)CC[C@@H]2CNC[C@H]21. The van der Waals surface area contributed by atoms with Gasteiger partial charge in [0.25, 0.3) is 0 Å². The lowest BCUT2D eigenvalue weighted by Crippen LogP contribution is -2.52. The molecule has 17 heavy (non-hydrogen) atoms. The first-order chi connectivity index (χ1) is 7.88. The van der Waals surface area contributed by atoms with Gasteiger partial charge in [0.1, 0.15) is 5.60 Å². The molecule has 0 aromatic rings. The van der Waals surface area contributed by atoms with Gasteiger partial charge in [0, 0.05) is 19.5 Å². The zero-order chi connectivity index (χ0) is 12.6. The van der Waals surface area contributed by atoms with Gasteiger partial charge in [0.05, 0.1) is 6.04 Å². The van der Waals surface area contributed by atoms with Crippen molar-refractivity contribution in [2.24, 2.45) is 5.92 Å². The molecule has 0 aromatic carbocycles. The predicted octanol–water partition coefficient (Wildman–Crippen LogP) is 1.13. The Morgan fingerprint density at radius 2 is 2.12 bits per heavy atom. The fourth-order valence-electron chi connectivity index (χ4n) is 2.48. The van der Waals surface area contributed by atoms with Crippen molar-refractivity contribution in [1.29, 1.82) is 0 Å². The Morgan fingerprint density at radius 3 is 2.76 bits per heavy atom. The maximum absolute atomic E-state index is 12.0. The molecule has 5 heteroatoms. The van der Waals surface area contributed by atoms with Crippen molar-refractivity contribution < 1.29 is 14.3 Å². The minimum atomic E-state index is -0.559. The molecule has 0 spiro atoms. The van der Waals surface area contributed by atoms with Gasteiger partial charge in [-0.3, -0.25) is 4.79 Å². The first kappa shape index (κ1) is 12.4. The van der Waals surface area contributed by atoms with Gasteiger partial charge in [0.15, 0.2) is 0 Å². The van der Waals surface area contributed by atoms with Crippen molar-refractivity contribution in [3.63, 3.8) is 0 Å². The summed E-state index contributed by atoms with van der Waals surface area (Å²) in [5.74, 6) is 0.282. The van der Waals surface area contributed by atoms with Gasteiger partial charge in [-0.25, -0.2) is 9.69 Å². The van der Waals surface area contributed by atoms with Crippen molar-refractivity contribution in [3.8, 4) is 0 Å². The van der Waals surface area contributed by atoms with Crippen molar-refractivity contribution >= 4 is 12.0 Å². The molecule has 2 fully saturated rings. The molecule has 2 aliphatic rings. The fourth-order valence-corrected chi connectivity index (χ4v) is 2.48. The summed E-state index contributed by atoms with van der Waals surface area (Å²) in [6.45, 7) is 7.00. The number of nitrogens with zero attached hydrogens (tertiary/aromatic N) is 1. The molecule has 96 valence electrons. The maximum Gasteiger partial charge on any atom is 0.417 e. The molecule has 2 saturated heterocycles. The number of fused-ring (bicyclic) bond motifs is 1. The maximum atomic E-state index is 12.0. The largest absolute Gasteiger partial charge is 0.443 e. The van der Waals surface area contributed by atoms with Crippen molar-refractivity contribution in [2.75, 3.05) is 13.1 Å². The van der Waals surface area contributed by atoms with E-state index in [2.05, 4.69) is 5.32 Å². The molecule has 0 radical (unpaired) electrons. The van der Waals surface area contributed by atoms with Crippen LogP contribution in [-0.2, 0) is 9.53 Å². The first-order valence-electron chi connectivity index (χ1n) is 6.14. The van der Waals surface area contributed by atoms with Crippen LogP contribution in [0, 0.1) is 5.92 Å². The molecule has 2 heterocycles. The number of carbonyl (C=O) groups excluding carboxylic acids is 2. The number of likely N-dealkylation sites (tertiary alicyclic amines) is 1. The lowest BCUT2D eigenvalue weighted by atomic mass is 9.92. The molecule has 0 aromatic heterocycles. The van der Waals surface area contributed by atoms with Crippen LogP contribution in [0.1, 0.15) is 33.6 Å². The molecular weight excluding hydrogens is 220 g/mol. The summed E-state index contributed by atoms with van der Waals surface area (Å²) in [7, 11) is 0. The van der Waals surface area contributed by atoms with Crippen molar-refractivity contribution in [2.45, 2.75) is 45.3 Å². The highest BCUT2D eigenvalue weighted by Crippen LogP contribution is 2.28. The van der Waals surface area contributed by atoms with Crippen LogP contribution in [0.25, 0.3) is 0 Å². The predicted molar refractivity (Wildman–Crippen MR) is 62.5 cm³/mol. The quantitative estimate of drug-likeness (QED) is 0.689. The molecule has 0 aliphatic carbocycles. The van der Waals surface area contributed by atoms with Crippen LogP contribution in [0.2, 0.25) is 0 Å². The fraction of sp³-hybridized carbons (Fsp3) is 0.833. The van der Waals surface area contributed by atoms with E-state index in [0.29, 0.717) is 18.9 Å². The number of carbonyl (C=O) groups is 2. The highest BCUT2D eigenvalue weighted by Gasteiger charge is 2.43. The van der Waals surface area contributed by atoms with E-state index < -0.39 is 11.7 Å². The van der Waals surface area contributed by atoms with E-state index in [0.717, 1.165) is 13.0 Å². The third-order valence-electron chi connectivity index (χ3n) is 3.22. The molecular formula is C12H20N2O3. The number of hydrogen-bond acceptors (Lipinski definition) is 4. The number of nitrogens with one attached hydrogen (secondary N) is 1. The molecule has 0 unspecified atom stereocenters. The third kappa shape index (κ3) is 2.60. The average molecular weight is 240 g/mol. The number of ether oxygens (including phenoxy) is 1. The Balaban J connectivity index is 2.11. The Hall–Kier alpha value is -1.10. The average Bonchev–Trinajstić information content (AvgIpc) is 2.61. The van der Waals surface area contributed by atoms with Crippen LogP contribution in [0.4, 0.5) is 4.79 Å². The third-order valence-corrected chi connectivity index (χ3v) is 3.22. The van der Waals surface area contributed by atoms with Crippen molar-refractivity contribution in [3.05, 3.63) is 0 Å². The number of amides is 2. The second-order valence-electron chi connectivity index (χ2n) is 5.77. The number of hydrogen-bond donors (Lipinski definition) is 1. The van der Waals surface area contributed by atoms with Gasteiger partial charge in [-0.1, -0.05) is 0 Å². The van der Waals surface area contributed by atoms with Crippen molar-refractivity contribution in [1.82, 2.24) is 10.2 Å². The topological polar surface area (TPSA) is 58.6 Å². The number of rotatable bonds is 0. The lowest BCUT2D eigenvalue weighted by Gasteiger charge is -2.36. The van der Waals surface area contributed by atoms with E-state index in [1.54, 1.807) is 0 Å². The Kier molecular flexibility index (Phi) is 3.12. The van der Waals surface area contributed by atoms with Crippen LogP contribution in [0.15, 0.2) is 0 Å². The van der Waals surface area contributed by atoms with Crippen LogP contribution < -0.4 is 5.32 Å². The second kappa shape index (κ2) is 4.29. The summed E-state index contributed by atoms with van der Waals surface area (Å²) in [5, 5.41) is 3.23. The molecule has 2 rings (SSSR count). The minimum absolute atomic E-state index is 0.0221. The monoisotopic (exact) mass is 240 g/mol. The summed E-state index contributed by atoms with van der Waals surface area (Å²) in [6.07, 6.45) is 0.818. The molecule has 2 atom stereocenters. The van der Waals surface area contributed by atoms with E-state index in [1.807, 2.05) is 20.8 Å². The number of imide groups is 1. The normalized spacial score (nSPS) is 29.1. The van der Waals surface area contributed by atoms with Gasteiger partial charge >= 0.3 is 6.09 Å². The number of piperidine rings is 1. The first-order valence-corrected chi connectivity index (χ1v) is 6.14. The highest BCUT2D eigenvalue weighted by molar-refractivity contribution is 5.93. The van der Waals surface area contributed by atoms with E-state index >= 15 is 0 Å². The summed E-state index contributed by atoms with van der Waals surface area (Å²) in [6, 6.07) is -0.0221. The van der Waals surface area contributed by atoms with Gasteiger partial charge < -0.3 is 10.1 Å². The van der Waals surface area contributed by atoms with Crippen LogP contribution in [-0.4, -0.2) is 41.6 Å². The molecule has 1 N–H and O–H groups in total. The second-order valence-corrected chi connectivity index (χ2v) is 5.77. The minimum Gasteiger partial charge on any atom is -0.443 e. The molecule has 2 amide bonds. The summed E-state index contributed by atoms with van der Waals surface area (Å²) >= 11 is 0. The van der Waals surface area contributed by atoms with Crippen LogP contribution in [0.3, 0.4) is 0 Å². The Labute approximate surface area is 101 Å². The van der Waals surface area contributed by atoms with E-state index in [-0.39, 0.29) is 11.9 Å². The smallest absolute Gasteiger partial charge is 0.417 e. The van der Waals surface area contributed by atoms with Gasteiger partial charge in [-0.05, 0) is 33.1 Å². The van der Waals surface area contributed by atoms with Crippen LogP contribution in [0.5, 0.6) is 0 Å².